The van der Waals surface area contributed by atoms with Gasteiger partial charge >= 0.3 is 0 Å². The highest BCUT2D eigenvalue weighted by molar-refractivity contribution is 5.53. The van der Waals surface area contributed by atoms with Crippen LogP contribution in [0.15, 0.2) is 24.3 Å². The van der Waals surface area contributed by atoms with E-state index in [0.29, 0.717) is 12.8 Å². The molecule has 1 aromatic rings. The predicted octanol–water partition coefficient (Wildman–Crippen LogP) is 1.31. The van der Waals surface area contributed by atoms with E-state index in [2.05, 4.69) is 0 Å². The van der Waals surface area contributed by atoms with Crippen molar-refractivity contribution in [3.8, 4) is 0 Å². The van der Waals surface area contributed by atoms with Crippen LogP contribution in [0, 0.1) is 0 Å². The topological polar surface area (TPSA) is 43.1 Å². The Balaban J connectivity index is 2.69. The van der Waals surface area contributed by atoms with Crippen LogP contribution in [0.1, 0.15) is 12.0 Å². The minimum absolute atomic E-state index is 0.425. The molecule has 0 saturated carbocycles. The van der Waals surface area contributed by atoms with Crippen molar-refractivity contribution in [2.45, 2.75) is 12.8 Å². The first kappa shape index (κ1) is 7.79. The van der Waals surface area contributed by atoms with Crippen LogP contribution in [-0.4, -0.2) is 6.29 Å². The molecular weight excluding hydrogens is 138 g/mol. The predicted molar refractivity (Wildman–Crippen MR) is 44.9 cm³/mol. The molecular formula is C9H10NO. The van der Waals surface area contributed by atoms with Crippen molar-refractivity contribution < 1.29 is 4.79 Å². The molecule has 0 aliphatic heterocycles. The van der Waals surface area contributed by atoms with Gasteiger partial charge in [0.15, 0.2) is 6.29 Å². The van der Waals surface area contributed by atoms with Crippen molar-refractivity contribution in [3.05, 3.63) is 29.8 Å². The standard InChI is InChI=1S/C9H10NO/c10-9-6-2-1-4-8(9)5-3-7-11/h1-2,4,6H,3,5,10H2. The Hall–Kier alpha value is -1.31. The summed E-state index contributed by atoms with van der Waals surface area (Å²) in [5.74, 6) is 0. The maximum atomic E-state index is 9.92. The second-order valence-electron chi connectivity index (χ2n) is 2.34. The molecule has 2 N–H and O–H groups in total. The number of nitrogen functional groups attached to an aromatic ring is 1. The third-order valence-corrected chi connectivity index (χ3v) is 1.55. The number of hydrogen-bond acceptors (Lipinski definition) is 2. The second-order valence-corrected chi connectivity index (χ2v) is 2.34. The van der Waals surface area contributed by atoms with Gasteiger partial charge in [0.1, 0.15) is 0 Å². The molecule has 0 aromatic heterocycles. The van der Waals surface area contributed by atoms with Crippen LogP contribution >= 0.6 is 0 Å². The zero-order valence-electron chi connectivity index (χ0n) is 6.21. The van der Waals surface area contributed by atoms with Gasteiger partial charge in [0, 0.05) is 12.1 Å². The highest BCUT2D eigenvalue weighted by Crippen LogP contribution is 2.11. The van der Waals surface area contributed by atoms with Crippen molar-refractivity contribution in [2.24, 2.45) is 0 Å². The Kier molecular flexibility index (Phi) is 2.66. The van der Waals surface area contributed by atoms with Crippen LogP contribution in [0.4, 0.5) is 5.69 Å². The Bertz CT molecular complexity index is 245. The summed E-state index contributed by atoms with van der Waals surface area (Å²) < 4.78 is 0. The Morgan fingerprint density at radius 3 is 2.73 bits per heavy atom. The lowest BCUT2D eigenvalue weighted by atomic mass is 10.1. The molecule has 0 atom stereocenters. The molecule has 1 radical (unpaired) electrons. The van der Waals surface area contributed by atoms with Crippen molar-refractivity contribution in [3.63, 3.8) is 0 Å². The lowest BCUT2D eigenvalue weighted by molar-refractivity contribution is 0.551. The molecule has 1 rings (SSSR count). The van der Waals surface area contributed by atoms with Crippen LogP contribution < -0.4 is 5.73 Å². The summed E-state index contributed by atoms with van der Waals surface area (Å²) in [6, 6.07) is 7.55. The summed E-state index contributed by atoms with van der Waals surface area (Å²) in [5.41, 5.74) is 7.41. The van der Waals surface area contributed by atoms with Gasteiger partial charge in [-0.3, -0.25) is 4.79 Å². The molecule has 0 saturated heterocycles. The minimum atomic E-state index is 0.425. The average Bonchev–Trinajstić information content (AvgIpc) is 2.03. The van der Waals surface area contributed by atoms with Crippen LogP contribution in [0.3, 0.4) is 0 Å². The Morgan fingerprint density at radius 1 is 1.36 bits per heavy atom. The van der Waals surface area contributed by atoms with Crippen molar-refractivity contribution in [1.29, 1.82) is 0 Å². The molecule has 0 bridgehead atoms. The first-order valence-corrected chi connectivity index (χ1v) is 3.53. The number of rotatable bonds is 3. The molecule has 11 heavy (non-hydrogen) atoms. The van der Waals surface area contributed by atoms with E-state index in [-0.39, 0.29) is 0 Å². The minimum Gasteiger partial charge on any atom is -0.399 e. The maximum Gasteiger partial charge on any atom is 0.198 e. The van der Waals surface area contributed by atoms with E-state index >= 15 is 0 Å². The van der Waals surface area contributed by atoms with Gasteiger partial charge in [-0.15, -0.1) is 0 Å². The molecule has 0 aliphatic rings. The van der Waals surface area contributed by atoms with Gasteiger partial charge in [0.05, 0.1) is 0 Å². The third-order valence-electron chi connectivity index (χ3n) is 1.55. The molecule has 0 amide bonds. The molecule has 2 heteroatoms. The van der Waals surface area contributed by atoms with E-state index in [1.54, 1.807) is 0 Å². The first-order valence-electron chi connectivity index (χ1n) is 3.53. The van der Waals surface area contributed by atoms with Crippen molar-refractivity contribution >= 4 is 12.0 Å². The van der Waals surface area contributed by atoms with Crippen LogP contribution in [-0.2, 0) is 11.2 Å². The summed E-state index contributed by atoms with van der Waals surface area (Å²) in [6.07, 6.45) is 2.95. The molecule has 0 fully saturated rings. The second kappa shape index (κ2) is 3.76. The summed E-state index contributed by atoms with van der Waals surface area (Å²) in [4.78, 5) is 9.92. The molecule has 2 nitrogen and oxygen atoms in total. The number of aryl methyl sites for hydroxylation is 1. The molecule has 0 heterocycles. The summed E-state index contributed by atoms with van der Waals surface area (Å²) in [7, 11) is 0. The average molecular weight is 148 g/mol. The zero-order valence-corrected chi connectivity index (χ0v) is 6.21. The van der Waals surface area contributed by atoms with Gasteiger partial charge in [0.2, 0.25) is 0 Å². The monoisotopic (exact) mass is 148 g/mol. The Labute approximate surface area is 66.0 Å². The van der Waals surface area contributed by atoms with Crippen LogP contribution in [0.5, 0.6) is 0 Å². The number of hydrogen-bond donors (Lipinski definition) is 1. The van der Waals surface area contributed by atoms with Gasteiger partial charge < -0.3 is 5.73 Å². The largest absolute Gasteiger partial charge is 0.399 e. The number of carbonyl (C=O) groups excluding carboxylic acids is 1. The van der Waals surface area contributed by atoms with E-state index < -0.39 is 0 Å². The van der Waals surface area contributed by atoms with E-state index in [9.17, 15) is 4.79 Å². The smallest absolute Gasteiger partial charge is 0.198 e. The van der Waals surface area contributed by atoms with E-state index in [0.717, 1.165) is 11.3 Å². The van der Waals surface area contributed by atoms with E-state index in [1.165, 1.54) is 0 Å². The molecule has 1 aromatic carbocycles. The van der Waals surface area contributed by atoms with Gasteiger partial charge in [-0.1, -0.05) is 18.2 Å². The summed E-state index contributed by atoms with van der Waals surface area (Å²) in [6.45, 7) is 0. The number of anilines is 1. The number of benzene rings is 1. The molecule has 57 valence electrons. The quantitative estimate of drug-likeness (QED) is 0.657. The van der Waals surface area contributed by atoms with Crippen molar-refractivity contribution in [2.75, 3.05) is 5.73 Å². The van der Waals surface area contributed by atoms with Gasteiger partial charge in [-0.05, 0) is 18.1 Å². The van der Waals surface area contributed by atoms with Gasteiger partial charge in [-0.2, -0.15) is 0 Å². The lowest BCUT2D eigenvalue weighted by Crippen LogP contribution is -1.93. The normalized spacial score (nSPS) is 9.45. The Morgan fingerprint density at radius 2 is 2.09 bits per heavy atom. The lowest BCUT2D eigenvalue weighted by Gasteiger charge is -2.00. The molecule has 0 aliphatic carbocycles. The highest BCUT2D eigenvalue weighted by Gasteiger charge is 1.95. The summed E-state index contributed by atoms with van der Waals surface area (Å²) >= 11 is 0. The molecule has 0 unspecified atom stereocenters. The third kappa shape index (κ3) is 2.08. The fourth-order valence-corrected chi connectivity index (χ4v) is 0.948. The SMILES string of the molecule is Nc1ccccc1CC[C]=O. The van der Waals surface area contributed by atoms with Gasteiger partial charge in [-0.25, -0.2) is 0 Å². The number of nitrogens with two attached hydrogens (primary N) is 1. The van der Waals surface area contributed by atoms with E-state index in [1.807, 2.05) is 30.6 Å². The first-order chi connectivity index (χ1) is 5.34. The fraction of sp³-hybridized carbons (Fsp3) is 0.222. The zero-order chi connectivity index (χ0) is 8.10. The van der Waals surface area contributed by atoms with Crippen LogP contribution in [0.2, 0.25) is 0 Å². The summed E-state index contributed by atoms with van der Waals surface area (Å²) in [5, 5.41) is 0. The fourth-order valence-electron chi connectivity index (χ4n) is 0.948. The maximum absolute atomic E-state index is 9.92. The highest BCUT2D eigenvalue weighted by atomic mass is 16.1. The molecule has 0 spiro atoms. The van der Waals surface area contributed by atoms with E-state index in [4.69, 9.17) is 5.73 Å². The number of para-hydroxylation sites is 1. The van der Waals surface area contributed by atoms with Crippen molar-refractivity contribution in [1.82, 2.24) is 0 Å². The van der Waals surface area contributed by atoms with Gasteiger partial charge in [0.25, 0.3) is 0 Å². The van der Waals surface area contributed by atoms with Crippen LogP contribution in [0.25, 0.3) is 0 Å².